The van der Waals surface area contributed by atoms with Crippen molar-refractivity contribution in [1.29, 1.82) is 0 Å². The van der Waals surface area contributed by atoms with Crippen molar-refractivity contribution in [2.45, 2.75) is 19.6 Å². The van der Waals surface area contributed by atoms with Crippen LogP contribution in [0.3, 0.4) is 0 Å². The number of hydrogen-bond donors (Lipinski definition) is 1. The number of aromatic nitrogens is 1. The molecule has 0 unspecified atom stereocenters. The van der Waals surface area contributed by atoms with Crippen molar-refractivity contribution in [3.8, 4) is 11.1 Å². The summed E-state index contributed by atoms with van der Waals surface area (Å²) in [5, 5.41) is 2.99. The van der Waals surface area contributed by atoms with Crippen LogP contribution in [0.15, 0.2) is 36.7 Å². The zero-order valence-electron chi connectivity index (χ0n) is 11.3. The highest BCUT2D eigenvalue weighted by Crippen LogP contribution is 2.37. The number of pyridine rings is 1. The Labute approximate surface area is 115 Å². The lowest BCUT2D eigenvalue weighted by Gasteiger charge is -2.15. The molecule has 2 aromatic rings. The number of rotatable bonds is 3. The van der Waals surface area contributed by atoms with Crippen LogP contribution in [0.1, 0.15) is 16.7 Å². The monoisotopic (exact) mass is 280 g/mol. The fourth-order valence-corrected chi connectivity index (χ4v) is 2.13. The number of aryl methyl sites for hydroxylation is 1. The number of nitrogens with one attached hydrogen (secondary N) is 1. The topological polar surface area (TPSA) is 24.9 Å². The standard InChI is InChI=1S/C15H15F3N2/c1-10-3-4-11(8-19-2)7-12(10)13-9-20-6-5-14(13)15(16,17)18/h3-7,9,19H,8H2,1-2H3. The Bertz CT molecular complexity index is 606. The van der Waals surface area contributed by atoms with Gasteiger partial charge in [0, 0.05) is 24.5 Å². The molecule has 20 heavy (non-hydrogen) atoms. The number of alkyl halides is 3. The van der Waals surface area contributed by atoms with Gasteiger partial charge in [0.25, 0.3) is 0 Å². The zero-order valence-corrected chi connectivity index (χ0v) is 11.3. The van der Waals surface area contributed by atoms with E-state index in [2.05, 4.69) is 10.3 Å². The summed E-state index contributed by atoms with van der Waals surface area (Å²) in [5.41, 5.74) is 1.76. The summed E-state index contributed by atoms with van der Waals surface area (Å²) in [6, 6.07) is 6.52. The van der Waals surface area contributed by atoms with Crippen molar-refractivity contribution in [1.82, 2.24) is 10.3 Å². The number of halogens is 3. The Morgan fingerprint density at radius 2 is 1.90 bits per heavy atom. The second-order valence-corrected chi connectivity index (χ2v) is 4.60. The molecule has 106 valence electrons. The molecule has 0 saturated heterocycles. The van der Waals surface area contributed by atoms with Crippen molar-refractivity contribution < 1.29 is 13.2 Å². The van der Waals surface area contributed by atoms with E-state index in [1.807, 2.05) is 12.1 Å². The first-order chi connectivity index (χ1) is 9.43. The van der Waals surface area contributed by atoms with Gasteiger partial charge in [0.15, 0.2) is 0 Å². The van der Waals surface area contributed by atoms with E-state index in [1.165, 1.54) is 12.4 Å². The van der Waals surface area contributed by atoms with Gasteiger partial charge in [-0.2, -0.15) is 13.2 Å². The quantitative estimate of drug-likeness (QED) is 0.925. The maximum atomic E-state index is 13.1. The summed E-state index contributed by atoms with van der Waals surface area (Å²) in [7, 11) is 1.80. The number of nitrogens with zero attached hydrogens (tertiary/aromatic N) is 1. The normalized spacial score (nSPS) is 11.7. The minimum absolute atomic E-state index is 0.121. The number of hydrogen-bond acceptors (Lipinski definition) is 2. The van der Waals surface area contributed by atoms with E-state index in [0.717, 1.165) is 17.2 Å². The molecule has 0 saturated carbocycles. The SMILES string of the molecule is CNCc1ccc(C)c(-c2cnccc2C(F)(F)F)c1. The van der Waals surface area contributed by atoms with Crippen molar-refractivity contribution in [3.63, 3.8) is 0 Å². The molecule has 2 rings (SSSR count). The lowest BCUT2D eigenvalue weighted by Crippen LogP contribution is -2.09. The smallest absolute Gasteiger partial charge is 0.316 e. The molecular weight excluding hydrogens is 265 g/mol. The van der Waals surface area contributed by atoms with Crippen LogP contribution < -0.4 is 5.32 Å². The fraction of sp³-hybridized carbons (Fsp3) is 0.267. The summed E-state index contributed by atoms with van der Waals surface area (Å²) < 4.78 is 39.2. The first-order valence-corrected chi connectivity index (χ1v) is 6.19. The van der Waals surface area contributed by atoms with Crippen LogP contribution in [0.25, 0.3) is 11.1 Å². The van der Waals surface area contributed by atoms with Gasteiger partial charge in [-0.25, -0.2) is 0 Å². The minimum Gasteiger partial charge on any atom is -0.316 e. The molecular formula is C15H15F3N2. The van der Waals surface area contributed by atoms with E-state index in [0.29, 0.717) is 12.1 Å². The highest BCUT2D eigenvalue weighted by atomic mass is 19.4. The largest absolute Gasteiger partial charge is 0.417 e. The molecule has 0 atom stereocenters. The Balaban J connectivity index is 2.59. The molecule has 0 aliphatic heterocycles. The average molecular weight is 280 g/mol. The summed E-state index contributed by atoms with van der Waals surface area (Å²) in [6.07, 6.45) is -1.95. The second-order valence-electron chi connectivity index (χ2n) is 4.60. The van der Waals surface area contributed by atoms with Crippen LogP contribution in [-0.4, -0.2) is 12.0 Å². The maximum absolute atomic E-state index is 13.1. The van der Waals surface area contributed by atoms with Gasteiger partial charge in [-0.05, 0) is 42.8 Å². The third-order valence-corrected chi connectivity index (χ3v) is 3.10. The van der Waals surface area contributed by atoms with Gasteiger partial charge in [-0.1, -0.05) is 12.1 Å². The molecule has 0 amide bonds. The summed E-state index contributed by atoms with van der Waals surface area (Å²) in [4.78, 5) is 3.84. The van der Waals surface area contributed by atoms with Crippen LogP contribution in [0.2, 0.25) is 0 Å². The van der Waals surface area contributed by atoms with Gasteiger partial charge in [-0.15, -0.1) is 0 Å². The predicted octanol–water partition coefficient (Wildman–Crippen LogP) is 3.80. The Kier molecular flexibility index (Phi) is 4.09. The van der Waals surface area contributed by atoms with Crippen molar-refractivity contribution in [2.75, 3.05) is 7.05 Å². The molecule has 1 aromatic carbocycles. The first-order valence-electron chi connectivity index (χ1n) is 6.19. The van der Waals surface area contributed by atoms with Gasteiger partial charge < -0.3 is 5.32 Å². The van der Waals surface area contributed by atoms with Crippen LogP contribution in [0.4, 0.5) is 13.2 Å². The Morgan fingerprint density at radius 3 is 2.55 bits per heavy atom. The predicted molar refractivity (Wildman–Crippen MR) is 72.2 cm³/mol. The molecule has 0 fully saturated rings. The molecule has 1 aromatic heterocycles. The molecule has 2 nitrogen and oxygen atoms in total. The maximum Gasteiger partial charge on any atom is 0.417 e. The first kappa shape index (κ1) is 14.5. The summed E-state index contributed by atoms with van der Waals surface area (Å²) in [5.74, 6) is 0. The molecule has 0 aliphatic rings. The van der Waals surface area contributed by atoms with Crippen LogP contribution in [0, 0.1) is 6.92 Å². The fourth-order valence-electron chi connectivity index (χ4n) is 2.13. The van der Waals surface area contributed by atoms with Crippen LogP contribution in [0.5, 0.6) is 0 Å². The van der Waals surface area contributed by atoms with Gasteiger partial charge in [0.05, 0.1) is 5.56 Å². The van der Waals surface area contributed by atoms with Crippen molar-refractivity contribution in [3.05, 3.63) is 53.3 Å². The van der Waals surface area contributed by atoms with Gasteiger partial charge in [-0.3, -0.25) is 4.98 Å². The third kappa shape index (κ3) is 2.99. The highest BCUT2D eigenvalue weighted by molar-refractivity contribution is 5.71. The van der Waals surface area contributed by atoms with Crippen LogP contribution in [-0.2, 0) is 12.7 Å². The Morgan fingerprint density at radius 1 is 1.15 bits per heavy atom. The average Bonchev–Trinajstić information content (AvgIpc) is 2.40. The molecule has 5 heteroatoms. The van der Waals surface area contributed by atoms with E-state index < -0.39 is 11.7 Å². The molecule has 0 radical (unpaired) electrons. The molecule has 0 spiro atoms. The number of benzene rings is 1. The minimum atomic E-state index is -4.39. The highest BCUT2D eigenvalue weighted by Gasteiger charge is 2.33. The molecule has 1 N–H and O–H groups in total. The molecule has 0 bridgehead atoms. The van der Waals surface area contributed by atoms with Crippen molar-refractivity contribution >= 4 is 0 Å². The van der Waals surface area contributed by atoms with Gasteiger partial charge >= 0.3 is 6.18 Å². The van der Waals surface area contributed by atoms with Gasteiger partial charge in [0.2, 0.25) is 0 Å². The second kappa shape index (κ2) is 5.63. The van der Waals surface area contributed by atoms with Crippen LogP contribution >= 0.6 is 0 Å². The van der Waals surface area contributed by atoms with E-state index in [9.17, 15) is 13.2 Å². The van der Waals surface area contributed by atoms with Gasteiger partial charge in [0.1, 0.15) is 0 Å². The Hall–Kier alpha value is -1.88. The molecule has 0 aliphatic carbocycles. The van der Waals surface area contributed by atoms with E-state index >= 15 is 0 Å². The summed E-state index contributed by atoms with van der Waals surface area (Å²) >= 11 is 0. The zero-order chi connectivity index (χ0) is 14.8. The molecule has 1 heterocycles. The lowest BCUT2D eigenvalue weighted by molar-refractivity contribution is -0.137. The van der Waals surface area contributed by atoms with E-state index in [-0.39, 0.29) is 5.56 Å². The third-order valence-electron chi connectivity index (χ3n) is 3.10. The van der Waals surface area contributed by atoms with E-state index in [1.54, 1.807) is 20.0 Å². The summed E-state index contributed by atoms with van der Waals surface area (Å²) in [6.45, 7) is 2.40. The van der Waals surface area contributed by atoms with Crippen molar-refractivity contribution in [2.24, 2.45) is 0 Å². The lowest BCUT2D eigenvalue weighted by atomic mass is 9.95. The van der Waals surface area contributed by atoms with E-state index in [4.69, 9.17) is 0 Å².